The number of anilines is 2. The van der Waals surface area contributed by atoms with E-state index in [4.69, 9.17) is 5.84 Å². The summed E-state index contributed by atoms with van der Waals surface area (Å²) < 4.78 is 0.671. The first kappa shape index (κ1) is 14.5. The van der Waals surface area contributed by atoms with Crippen LogP contribution in [0.2, 0.25) is 0 Å². The third kappa shape index (κ3) is 3.55. The predicted octanol–water partition coefficient (Wildman–Crippen LogP) is 1.88. The van der Waals surface area contributed by atoms with Gasteiger partial charge in [-0.3, -0.25) is 0 Å². The minimum absolute atomic E-state index is 0.483. The van der Waals surface area contributed by atoms with Crippen molar-refractivity contribution in [1.82, 2.24) is 9.97 Å². The number of nitrogens with two attached hydrogens (primary N) is 1. The van der Waals surface area contributed by atoms with Crippen LogP contribution >= 0.6 is 15.9 Å². The third-order valence-electron chi connectivity index (χ3n) is 3.58. The Balaban J connectivity index is 2.02. The molecule has 1 aliphatic carbocycles. The van der Waals surface area contributed by atoms with Gasteiger partial charge in [0.05, 0.1) is 5.60 Å². The Morgan fingerprint density at radius 2 is 2.26 bits per heavy atom. The van der Waals surface area contributed by atoms with Gasteiger partial charge in [-0.15, -0.1) is 0 Å². The van der Waals surface area contributed by atoms with E-state index in [1.165, 1.54) is 12.7 Å². The van der Waals surface area contributed by atoms with E-state index in [1.807, 2.05) is 0 Å². The van der Waals surface area contributed by atoms with E-state index >= 15 is 0 Å². The largest absolute Gasteiger partial charge is 0.388 e. The molecular formula is C12H20BrN5O. The van der Waals surface area contributed by atoms with E-state index in [1.54, 1.807) is 0 Å². The van der Waals surface area contributed by atoms with Crippen LogP contribution in [0.4, 0.5) is 11.6 Å². The van der Waals surface area contributed by atoms with Crippen LogP contribution in [-0.4, -0.2) is 27.2 Å². The van der Waals surface area contributed by atoms with Gasteiger partial charge in [-0.2, -0.15) is 0 Å². The summed E-state index contributed by atoms with van der Waals surface area (Å²) in [4.78, 5) is 8.13. The Kier molecular flexibility index (Phi) is 4.59. The predicted molar refractivity (Wildman–Crippen MR) is 78.6 cm³/mol. The second kappa shape index (κ2) is 6.02. The highest BCUT2D eigenvalue weighted by molar-refractivity contribution is 9.10. The lowest BCUT2D eigenvalue weighted by atomic mass is 9.79. The van der Waals surface area contributed by atoms with Crippen molar-refractivity contribution in [1.29, 1.82) is 0 Å². The number of hydrogen-bond donors (Lipinski definition) is 4. The zero-order valence-corrected chi connectivity index (χ0v) is 12.6. The normalized spacial score (nSPS) is 27.1. The molecule has 106 valence electrons. The molecule has 0 saturated heterocycles. The van der Waals surface area contributed by atoms with Gasteiger partial charge in [0.1, 0.15) is 16.6 Å². The number of aliphatic hydroxyl groups is 1. The van der Waals surface area contributed by atoms with Crippen molar-refractivity contribution in [3.63, 3.8) is 0 Å². The minimum Gasteiger partial charge on any atom is -0.388 e. The second-order valence-corrected chi connectivity index (χ2v) is 6.10. The lowest BCUT2D eigenvalue weighted by Crippen LogP contribution is -2.41. The van der Waals surface area contributed by atoms with Crippen LogP contribution in [0, 0.1) is 5.92 Å². The number of nitrogens with one attached hydrogen (secondary N) is 2. The molecule has 0 radical (unpaired) electrons. The van der Waals surface area contributed by atoms with Gasteiger partial charge in [-0.25, -0.2) is 15.8 Å². The van der Waals surface area contributed by atoms with Crippen molar-refractivity contribution in [2.45, 2.75) is 38.2 Å². The Hall–Kier alpha value is -0.920. The van der Waals surface area contributed by atoms with Crippen molar-refractivity contribution >= 4 is 27.6 Å². The fourth-order valence-corrected chi connectivity index (χ4v) is 3.09. The highest BCUT2D eigenvalue weighted by atomic mass is 79.9. The van der Waals surface area contributed by atoms with Crippen LogP contribution in [0.1, 0.15) is 32.6 Å². The standard InChI is InChI=1S/C12H20BrN5O/c1-8-3-2-4-12(19,5-8)6-15-10-9(13)11(18-14)17-7-16-10/h7-8,19H,2-6,14H2,1H3,(H2,15,16,17,18). The average molecular weight is 330 g/mol. The fourth-order valence-electron chi connectivity index (χ4n) is 2.63. The molecule has 7 heteroatoms. The summed E-state index contributed by atoms with van der Waals surface area (Å²) in [6.07, 6.45) is 5.34. The van der Waals surface area contributed by atoms with Crippen LogP contribution in [-0.2, 0) is 0 Å². The number of hydrogen-bond acceptors (Lipinski definition) is 6. The summed E-state index contributed by atoms with van der Waals surface area (Å²) in [6.45, 7) is 2.66. The van der Waals surface area contributed by atoms with Crippen molar-refractivity contribution < 1.29 is 5.11 Å². The molecule has 0 bridgehead atoms. The van der Waals surface area contributed by atoms with E-state index in [-0.39, 0.29) is 0 Å². The number of halogens is 1. The average Bonchev–Trinajstić information content (AvgIpc) is 2.37. The van der Waals surface area contributed by atoms with Crippen molar-refractivity contribution in [2.24, 2.45) is 11.8 Å². The smallest absolute Gasteiger partial charge is 0.159 e. The highest BCUT2D eigenvalue weighted by Gasteiger charge is 2.32. The molecule has 2 atom stereocenters. The summed E-state index contributed by atoms with van der Waals surface area (Å²) >= 11 is 3.38. The lowest BCUT2D eigenvalue weighted by Gasteiger charge is -2.35. The Morgan fingerprint density at radius 1 is 1.53 bits per heavy atom. The maximum absolute atomic E-state index is 10.6. The molecule has 2 rings (SSSR count). The van der Waals surface area contributed by atoms with Gasteiger partial charge >= 0.3 is 0 Å². The van der Waals surface area contributed by atoms with Crippen molar-refractivity contribution in [3.05, 3.63) is 10.8 Å². The quantitative estimate of drug-likeness (QED) is 0.497. The van der Waals surface area contributed by atoms with Crippen LogP contribution in [0.15, 0.2) is 10.8 Å². The topological polar surface area (TPSA) is 96.1 Å². The Morgan fingerprint density at radius 3 is 2.95 bits per heavy atom. The van der Waals surface area contributed by atoms with Gasteiger partial charge in [0, 0.05) is 6.54 Å². The van der Waals surface area contributed by atoms with Gasteiger partial charge in [-0.05, 0) is 34.7 Å². The number of hydrazine groups is 1. The van der Waals surface area contributed by atoms with E-state index < -0.39 is 5.60 Å². The molecule has 1 aliphatic rings. The molecule has 5 N–H and O–H groups in total. The molecule has 0 amide bonds. The van der Waals surface area contributed by atoms with Crippen LogP contribution in [0.3, 0.4) is 0 Å². The van der Waals surface area contributed by atoms with Gasteiger partial charge in [0.15, 0.2) is 5.82 Å². The molecule has 1 fully saturated rings. The van der Waals surface area contributed by atoms with Gasteiger partial charge in [-0.1, -0.05) is 19.8 Å². The monoisotopic (exact) mass is 329 g/mol. The highest BCUT2D eigenvalue weighted by Crippen LogP contribution is 2.33. The van der Waals surface area contributed by atoms with Crippen molar-refractivity contribution in [2.75, 3.05) is 17.3 Å². The maximum Gasteiger partial charge on any atom is 0.159 e. The van der Waals surface area contributed by atoms with Gasteiger partial charge in [0.25, 0.3) is 0 Å². The van der Waals surface area contributed by atoms with Crippen LogP contribution in [0.5, 0.6) is 0 Å². The Labute approximate surface area is 121 Å². The van der Waals surface area contributed by atoms with Crippen molar-refractivity contribution in [3.8, 4) is 0 Å². The first-order valence-electron chi connectivity index (χ1n) is 6.47. The van der Waals surface area contributed by atoms with E-state index in [0.717, 1.165) is 19.3 Å². The second-order valence-electron chi connectivity index (χ2n) is 5.31. The molecule has 1 heterocycles. The number of nitrogen functional groups attached to an aromatic ring is 1. The SMILES string of the molecule is CC1CCCC(O)(CNc2ncnc(NN)c2Br)C1. The van der Waals surface area contributed by atoms with E-state index in [0.29, 0.717) is 28.6 Å². The van der Waals surface area contributed by atoms with Crippen LogP contribution < -0.4 is 16.6 Å². The molecule has 0 aliphatic heterocycles. The molecule has 1 aromatic heterocycles. The third-order valence-corrected chi connectivity index (χ3v) is 4.33. The molecule has 2 unspecified atom stereocenters. The van der Waals surface area contributed by atoms with Gasteiger partial charge < -0.3 is 15.8 Å². The first-order valence-corrected chi connectivity index (χ1v) is 7.27. The molecule has 0 aromatic carbocycles. The zero-order chi connectivity index (χ0) is 13.9. The summed E-state index contributed by atoms with van der Waals surface area (Å²) in [5, 5.41) is 13.7. The molecule has 19 heavy (non-hydrogen) atoms. The molecular weight excluding hydrogens is 310 g/mol. The van der Waals surface area contributed by atoms with Crippen LogP contribution in [0.25, 0.3) is 0 Å². The lowest BCUT2D eigenvalue weighted by molar-refractivity contribution is -0.000838. The number of rotatable bonds is 4. The maximum atomic E-state index is 10.6. The fraction of sp³-hybridized carbons (Fsp3) is 0.667. The number of nitrogens with zero attached hydrogens (tertiary/aromatic N) is 2. The van der Waals surface area contributed by atoms with E-state index in [9.17, 15) is 5.11 Å². The summed E-state index contributed by atoms with van der Waals surface area (Å²) in [7, 11) is 0. The molecule has 1 aromatic rings. The van der Waals surface area contributed by atoms with E-state index in [2.05, 4.69) is 43.6 Å². The van der Waals surface area contributed by atoms with Gasteiger partial charge in [0.2, 0.25) is 0 Å². The molecule has 1 saturated carbocycles. The summed E-state index contributed by atoms with van der Waals surface area (Å²) in [6, 6.07) is 0. The Bertz CT molecular complexity index is 444. The first-order chi connectivity index (χ1) is 9.04. The molecule has 0 spiro atoms. The zero-order valence-electron chi connectivity index (χ0n) is 11.0. The number of aromatic nitrogens is 2. The summed E-state index contributed by atoms with van der Waals surface area (Å²) in [5.74, 6) is 7.07. The summed E-state index contributed by atoms with van der Waals surface area (Å²) in [5.41, 5.74) is 1.84. The minimum atomic E-state index is -0.654. The molecule has 6 nitrogen and oxygen atoms in total.